The van der Waals surface area contributed by atoms with E-state index in [9.17, 15) is 4.79 Å². The molecule has 0 spiro atoms. The van der Waals surface area contributed by atoms with Crippen LogP contribution in [0.1, 0.15) is 40.0 Å². The number of ether oxygens (including phenoxy) is 1. The summed E-state index contributed by atoms with van der Waals surface area (Å²) >= 11 is 0. The van der Waals surface area contributed by atoms with Gasteiger partial charge in [0.2, 0.25) is 0 Å². The van der Waals surface area contributed by atoms with Crippen LogP contribution < -0.4 is 5.32 Å². The minimum atomic E-state index is -0.384. The molecule has 0 aromatic heterocycles. The maximum absolute atomic E-state index is 11.8. The van der Waals surface area contributed by atoms with Crippen LogP contribution in [0.2, 0.25) is 0 Å². The van der Waals surface area contributed by atoms with Gasteiger partial charge in [-0.15, -0.1) is 0 Å². The first kappa shape index (κ1) is 12.7. The molecule has 1 N–H and O–H groups in total. The highest BCUT2D eigenvalue weighted by Gasteiger charge is 2.38. The standard InChI is InChI=1S/C13H24N2O2/c1-13(2,3)17-12(16)15-8-10(9-15)11-6-4-5-7-14-11/h10-11,14H,4-9H2,1-3H3/t11-/m0/s1. The van der Waals surface area contributed by atoms with E-state index in [0.717, 1.165) is 19.6 Å². The molecule has 4 heteroatoms. The van der Waals surface area contributed by atoms with E-state index in [0.29, 0.717) is 12.0 Å². The van der Waals surface area contributed by atoms with Crippen molar-refractivity contribution >= 4 is 6.09 Å². The Bertz CT molecular complexity index is 274. The van der Waals surface area contributed by atoms with Gasteiger partial charge in [-0.2, -0.15) is 0 Å². The Morgan fingerprint density at radius 2 is 2.00 bits per heavy atom. The number of piperidine rings is 1. The van der Waals surface area contributed by atoms with Crippen molar-refractivity contribution in [3.05, 3.63) is 0 Å². The van der Waals surface area contributed by atoms with Gasteiger partial charge in [0.1, 0.15) is 5.60 Å². The van der Waals surface area contributed by atoms with Crippen LogP contribution in [-0.2, 0) is 4.74 Å². The Kier molecular flexibility index (Phi) is 3.61. The largest absolute Gasteiger partial charge is 0.444 e. The third-order valence-electron chi connectivity index (χ3n) is 3.48. The average molecular weight is 240 g/mol. The van der Waals surface area contributed by atoms with Crippen LogP contribution >= 0.6 is 0 Å². The van der Waals surface area contributed by atoms with Crippen molar-refractivity contribution in [1.29, 1.82) is 0 Å². The normalized spacial score (nSPS) is 26.5. The van der Waals surface area contributed by atoms with Gasteiger partial charge in [0.25, 0.3) is 0 Å². The van der Waals surface area contributed by atoms with Gasteiger partial charge in [-0.1, -0.05) is 6.42 Å². The van der Waals surface area contributed by atoms with E-state index in [4.69, 9.17) is 4.74 Å². The zero-order valence-electron chi connectivity index (χ0n) is 11.2. The Hall–Kier alpha value is -0.770. The summed E-state index contributed by atoms with van der Waals surface area (Å²) in [6.07, 6.45) is 3.71. The average Bonchev–Trinajstić information content (AvgIpc) is 2.14. The van der Waals surface area contributed by atoms with Crippen molar-refractivity contribution in [3.63, 3.8) is 0 Å². The summed E-state index contributed by atoms with van der Waals surface area (Å²) in [6.45, 7) is 8.56. The zero-order valence-corrected chi connectivity index (χ0v) is 11.2. The number of carbonyl (C=O) groups excluding carboxylic acids is 1. The van der Waals surface area contributed by atoms with Gasteiger partial charge < -0.3 is 15.0 Å². The first-order valence-electron chi connectivity index (χ1n) is 6.67. The minimum Gasteiger partial charge on any atom is -0.444 e. The fourth-order valence-corrected chi connectivity index (χ4v) is 2.52. The predicted molar refractivity (Wildman–Crippen MR) is 66.9 cm³/mol. The summed E-state index contributed by atoms with van der Waals surface area (Å²) in [5.74, 6) is 0.628. The third-order valence-corrected chi connectivity index (χ3v) is 3.48. The number of likely N-dealkylation sites (tertiary alicyclic amines) is 1. The Morgan fingerprint density at radius 1 is 1.29 bits per heavy atom. The van der Waals surface area contributed by atoms with Crippen molar-refractivity contribution in [2.24, 2.45) is 5.92 Å². The summed E-state index contributed by atoms with van der Waals surface area (Å²) in [5.41, 5.74) is -0.384. The molecular weight excluding hydrogens is 216 g/mol. The Labute approximate surface area is 104 Å². The Balaban J connectivity index is 1.72. The molecule has 2 rings (SSSR count). The van der Waals surface area contributed by atoms with Crippen LogP contribution in [0.5, 0.6) is 0 Å². The molecule has 1 amide bonds. The van der Waals surface area contributed by atoms with E-state index in [1.807, 2.05) is 25.7 Å². The number of hydrogen-bond acceptors (Lipinski definition) is 3. The third kappa shape index (κ3) is 3.35. The zero-order chi connectivity index (χ0) is 12.5. The summed E-state index contributed by atoms with van der Waals surface area (Å²) < 4.78 is 5.34. The van der Waals surface area contributed by atoms with E-state index in [-0.39, 0.29) is 11.7 Å². The molecule has 98 valence electrons. The smallest absolute Gasteiger partial charge is 0.410 e. The lowest BCUT2D eigenvalue weighted by atomic mass is 9.87. The van der Waals surface area contributed by atoms with E-state index in [1.165, 1.54) is 19.3 Å². The van der Waals surface area contributed by atoms with Gasteiger partial charge in [-0.05, 0) is 40.2 Å². The highest BCUT2D eigenvalue weighted by molar-refractivity contribution is 5.69. The molecular formula is C13H24N2O2. The number of rotatable bonds is 1. The lowest BCUT2D eigenvalue weighted by Gasteiger charge is -2.44. The Morgan fingerprint density at radius 3 is 2.53 bits per heavy atom. The van der Waals surface area contributed by atoms with Crippen LogP contribution in [0.3, 0.4) is 0 Å². The number of carbonyl (C=O) groups is 1. The molecule has 17 heavy (non-hydrogen) atoms. The number of nitrogens with zero attached hydrogens (tertiary/aromatic N) is 1. The van der Waals surface area contributed by atoms with Crippen LogP contribution in [0, 0.1) is 5.92 Å². The van der Waals surface area contributed by atoms with Gasteiger partial charge in [0.15, 0.2) is 0 Å². The van der Waals surface area contributed by atoms with Gasteiger partial charge in [-0.3, -0.25) is 0 Å². The molecule has 0 aromatic rings. The first-order valence-corrected chi connectivity index (χ1v) is 6.67. The fraction of sp³-hybridized carbons (Fsp3) is 0.923. The topological polar surface area (TPSA) is 41.6 Å². The van der Waals surface area contributed by atoms with Gasteiger partial charge in [-0.25, -0.2) is 4.79 Å². The van der Waals surface area contributed by atoms with E-state index >= 15 is 0 Å². The molecule has 0 aromatic carbocycles. The SMILES string of the molecule is CC(C)(C)OC(=O)N1CC([C@@H]2CCCCN2)C1. The quantitative estimate of drug-likeness (QED) is 0.762. The maximum atomic E-state index is 11.8. The highest BCUT2D eigenvalue weighted by Crippen LogP contribution is 2.26. The lowest BCUT2D eigenvalue weighted by molar-refractivity contribution is -0.00839. The van der Waals surface area contributed by atoms with Crippen molar-refractivity contribution in [2.45, 2.75) is 51.7 Å². The molecule has 2 heterocycles. The van der Waals surface area contributed by atoms with Gasteiger partial charge in [0.05, 0.1) is 0 Å². The molecule has 0 unspecified atom stereocenters. The summed E-state index contributed by atoms with van der Waals surface area (Å²) in [7, 11) is 0. The molecule has 0 saturated carbocycles. The molecule has 2 saturated heterocycles. The monoisotopic (exact) mass is 240 g/mol. The van der Waals surface area contributed by atoms with Gasteiger partial charge in [0, 0.05) is 25.0 Å². The highest BCUT2D eigenvalue weighted by atomic mass is 16.6. The van der Waals surface area contributed by atoms with Crippen molar-refractivity contribution in [3.8, 4) is 0 Å². The summed E-state index contributed by atoms with van der Waals surface area (Å²) in [5, 5.41) is 3.55. The predicted octanol–water partition coefficient (Wildman–Crippen LogP) is 2.00. The fourth-order valence-electron chi connectivity index (χ4n) is 2.52. The lowest BCUT2D eigenvalue weighted by Crippen LogP contribution is -2.59. The van der Waals surface area contributed by atoms with E-state index < -0.39 is 0 Å². The number of nitrogens with one attached hydrogen (secondary N) is 1. The van der Waals surface area contributed by atoms with Crippen molar-refractivity contribution in [1.82, 2.24) is 10.2 Å². The van der Waals surface area contributed by atoms with Crippen LogP contribution in [0.4, 0.5) is 4.79 Å². The van der Waals surface area contributed by atoms with Crippen molar-refractivity contribution < 1.29 is 9.53 Å². The minimum absolute atomic E-state index is 0.162. The van der Waals surface area contributed by atoms with E-state index in [2.05, 4.69) is 5.32 Å². The first-order chi connectivity index (χ1) is 7.96. The maximum Gasteiger partial charge on any atom is 0.410 e. The molecule has 2 aliphatic rings. The molecule has 0 bridgehead atoms. The van der Waals surface area contributed by atoms with Crippen LogP contribution in [-0.4, -0.2) is 42.3 Å². The number of hydrogen-bond donors (Lipinski definition) is 1. The summed E-state index contributed by atoms with van der Waals surface area (Å²) in [6, 6.07) is 0.613. The molecule has 0 radical (unpaired) electrons. The molecule has 1 atom stereocenters. The second kappa shape index (κ2) is 4.84. The summed E-state index contributed by atoms with van der Waals surface area (Å²) in [4.78, 5) is 13.6. The van der Waals surface area contributed by atoms with Gasteiger partial charge >= 0.3 is 6.09 Å². The second-order valence-electron chi connectivity index (χ2n) is 6.20. The van der Waals surface area contributed by atoms with E-state index in [1.54, 1.807) is 0 Å². The molecule has 2 fully saturated rings. The van der Waals surface area contributed by atoms with Crippen LogP contribution in [0.25, 0.3) is 0 Å². The molecule has 2 aliphatic heterocycles. The molecule has 0 aliphatic carbocycles. The van der Waals surface area contributed by atoms with Crippen molar-refractivity contribution in [2.75, 3.05) is 19.6 Å². The molecule has 4 nitrogen and oxygen atoms in total. The second-order valence-corrected chi connectivity index (χ2v) is 6.20. The van der Waals surface area contributed by atoms with Crippen LogP contribution in [0.15, 0.2) is 0 Å². The number of amides is 1.